The van der Waals surface area contributed by atoms with Crippen LogP contribution in [0.25, 0.3) is 76.8 Å². The second kappa shape index (κ2) is 8.24. The van der Waals surface area contributed by atoms with E-state index >= 15 is 0 Å². The average Bonchev–Trinajstić information content (AvgIpc) is 3.38. The van der Waals surface area contributed by atoms with Crippen molar-refractivity contribution in [2.24, 2.45) is 0 Å². The molecule has 0 aliphatic rings. The zero-order valence-electron chi connectivity index (χ0n) is 21.7. The van der Waals surface area contributed by atoms with Crippen LogP contribution in [-0.4, -0.2) is 9.97 Å². The Hall–Kier alpha value is -5.02. The first kappa shape index (κ1) is 22.0. The molecular formula is C36H24N2O. The number of rotatable bonds is 2. The summed E-state index contributed by atoms with van der Waals surface area (Å²) >= 11 is 0. The van der Waals surface area contributed by atoms with Crippen LogP contribution in [0, 0.1) is 13.8 Å². The summed E-state index contributed by atoms with van der Waals surface area (Å²) in [5, 5.41) is 6.98. The summed E-state index contributed by atoms with van der Waals surface area (Å²) in [5.74, 6) is 0. The number of hydrogen-bond acceptors (Lipinski definition) is 3. The molecule has 184 valence electrons. The van der Waals surface area contributed by atoms with Crippen LogP contribution >= 0.6 is 0 Å². The Bertz CT molecular complexity index is 2220. The van der Waals surface area contributed by atoms with Crippen LogP contribution in [0.4, 0.5) is 0 Å². The first-order valence-corrected chi connectivity index (χ1v) is 13.2. The molecule has 8 aromatic rings. The fraction of sp³-hybridized carbons (Fsp3) is 0.0556. The predicted octanol–water partition coefficient (Wildman–Crippen LogP) is 9.79. The number of furan rings is 1. The quantitative estimate of drug-likeness (QED) is 0.222. The second-order valence-corrected chi connectivity index (χ2v) is 10.4. The maximum absolute atomic E-state index is 6.29. The zero-order valence-corrected chi connectivity index (χ0v) is 21.7. The lowest BCUT2D eigenvalue weighted by Gasteiger charge is -2.12. The SMILES string of the molecule is Cc1cccc2c1oc1c(C)cc(-c3cccc(-c4ccc5c(c4)c4ccccc4c4nccnc54)c3)cc12. The highest BCUT2D eigenvalue weighted by Crippen LogP contribution is 2.38. The summed E-state index contributed by atoms with van der Waals surface area (Å²) < 4.78 is 6.29. The Kier molecular flexibility index (Phi) is 4.65. The van der Waals surface area contributed by atoms with E-state index in [0.717, 1.165) is 44.1 Å². The molecule has 6 aromatic carbocycles. The molecule has 0 bridgehead atoms. The van der Waals surface area contributed by atoms with Crippen molar-refractivity contribution in [1.82, 2.24) is 9.97 Å². The van der Waals surface area contributed by atoms with Crippen molar-refractivity contribution in [1.29, 1.82) is 0 Å². The smallest absolute Gasteiger partial charge is 0.138 e. The van der Waals surface area contributed by atoms with Gasteiger partial charge in [-0.25, -0.2) is 0 Å². The Morgan fingerprint density at radius 3 is 1.87 bits per heavy atom. The van der Waals surface area contributed by atoms with E-state index in [1.165, 1.54) is 43.8 Å². The summed E-state index contributed by atoms with van der Waals surface area (Å²) in [7, 11) is 0. The standard InChI is InChI=1S/C36H24N2O/c1-21-7-5-12-30-32-20-26(17-22(2)36(32)39-35(21)30)24-9-6-8-23(18-24)25-13-14-29-31(19-25)27-10-3-4-11-28(27)33-34(29)38-16-15-37-33/h3-20H,1-2H3. The number of fused-ring (bicyclic) bond motifs is 9. The molecule has 0 amide bonds. The summed E-state index contributed by atoms with van der Waals surface area (Å²) in [5.41, 5.74) is 10.9. The highest BCUT2D eigenvalue weighted by molar-refractivity contribution is 6.23. The van der Waals surface area contributed by atoms with Crippen LogP contribution in [0.3, 0.4) is 0 Å². The van der Waals surface area contributed by atoms with Crippen LogP contribution in [0.1, 0.15) is 11.1 Å². The summed E-state index contributed by atoms with van der Waals surface area (Å²) in [6.45, 7) is 4.24. The van der Waals surface area contributed by atoms with Gasteiger partial charge in [0.1, 0.15) is 11.2 Å². The maximum atomic E-state index is 6.29. The van der Waals surface area contributed by atoms with Gasteiger partial charge < -0.3 is 4.42 Å². The van der Waals surface area contributed by atoms with Crippen molar-refractivity contribution in [2.45, 2.75) is 13.8 Å². The van der Waals surface area contributed by atoms with Gasteiger partial charge in [-0.1, -0.05) is 72.8 Å². The third-order valence-corrected chi connectivity index (χ3v) is 7.96. The van der Waals surface area contributed by atoms with Crippen molar-refractivity contribution in [3.63, 3.8) is 0 Å². The molecule has 0 aliphatic heterocycles. The molecule has 0 atom stereocenters. The minimum absolute atomic E-state index is 0.942. The van der Waals surface area contributed by atoms with E-state index in [1.807, 2.05) is 0 Å². The topological polar surface area (TPSA) is 38.9 Å². The van der Waals surface area contributed by atoms with Gasteiger partial charge in [0.25, 0.3) is 0 Å². The lowest BCUT2D eigenvalue weighted by Crippen LogP contribution is -1.89. The Balaban J connectivity index is 1.32. The van der Waals surface area contributed by atoms with E-state index in [-0.39, 0.29) is 0 Å². The van der Waals surface area contributed by atoms with E-state index in [4.69, 9.17) is 9.40 Å². The minimum atomic E-state index is 0.942. The largest absolute Gasteiger partial charge is 0.456 e. The van der Waals surface area contributed by atoms with E-state index < -0.39 is 0 Å². The molecule has 39 heavy (non-hydrogen) atoms. The molecule has 0 aliphatic carbocycles. The first-order chi connectivity index (χ1) is 19.2. The third kappa shape index (κ3) is 3.30. The minimum Gasteiger partial charge on any atom is -0.456 e. The maximum Gasteiger partial charge on any atom is 0.138 e. The van der Waals surface area contributed by atoms with Gasteiger partial charge >= 0.3 is 0 Å². The van der Waals surface area contributed by atoms with Crippen LogP contribution in [0.2, 0.25) is 0 Å². The third-order valence-electron chi connectivity index (χ3n) is 7.96. The lowest BCUT2D eigenvalue weighted by atomic mass is 9.93. The summed E-state index contributed by atoms with van der Waals surface area (Å²) in [6, 6.07) is 34.9. The monoisotopic (exact) mass is 500 g/mol. The van der Waals surface area contributed by atoms with E-state index in [2.05, 4.69) is 116 Å². The number of aromatic nitrogens is 2. The van der Waals surface area contributed by atoms with Gasteiger partial charge in [-0.3, -0.25) is 9.97 Å². The van der Waals surface area contributed by atoms with Crippen LogP contribution in [0.15, 0.2) is 114 Å². The molecule has 0 unspecified atom stereocenters. The van der Waals surface area contributed by atoms with E-state index in [1.54, 1.807) is 12.4 Å². The Labute approximate surface area is 225 Å². The molecule has 3 nitrogen and oxygen atoms in total. The normalized spacial score (nSPS) is 11.8. The van der Waals surface area contributed by atoms with Gasteiger partial charge in [-0.2, -0.15) is 0 Å². The highest BCUT2D eigenvalue weighted by atomic mass is 16.3. The van der Waals surface area contributed by atoms with Crippen molar-refractivity contribution in [3.05, 3.63) is 121 Å². The van der Waals surface area contributed by atoms with Crippen molar-refractivity contribution in [2.75, 3.05) is 0 Å². The average molecular weight is 501 g/mol. The van der Waals surface area contributed by atoms with Gasteiger partial charge in [0.2, 0.25) is 0 Å². The van der Waals surface area contributed by atoms with Crippen LogP contribution in [0.5, 0.6) is 0 Å². The molecule has 0 spiro atoms. The molecule has 0 fully saturated rings. The summed E-state index contributed by atoms with van der Waals surface area (Å²) in [4.78, 5) is 9.37. The number of nitrogens with zero attached hydrogens (tertiary/aromatic N) is 2. The molecule has 3 heteroatoms. The molecular weight excluding hydrogens is 476 g/mol. The Morgan fingerprint density at radius 2 is 1.05 bits per heavy atom. The van der Waals surface area contributed by atoms with E-state index in [9.17, 15) is 0 Å². The molecule has 0 saturated heterocycles. The molecule has 2 aromatic heterocycles. The van der Waals surface area contributed by atoms with Crippen molar-refractivity contribution < 1.29 is 4.42 Å². The molecule has 0 radical (unpaired) electrons. The number of benzene rings is 6. The predicted molar refractivity (Wildman–Crippen MR) is 162 cm³/mol. The Morgan fingerprint density at radius 1 is 0.436 bits per heavy atom. The first-order valence-electron chi connectivity index (χ1n) is 13.2. The second-order valence-electron chi connectivity index (χ2n) is 10.4. The van der Waals surface area contributed by atoms with Gasteiger partial charge in [0.05, 0.1) is 11.0 Å². The summed E-state index contributed by atoms with van der Waals surface area (Å²) in [6.07, 6.45) is 3.55. The number of hydrogen-bond donors (Lipinski definition) is 0. The zero-order chi connectivity index (χ0) is 26.1. The fourth-order valence-corrected chi connectivity index (χ4v) is 6.07. The van der Waals surface area contributed by atoms with Gasteiger partial charge in [0.15, 0.2) is 0 Å². The molecule has 0 N–H and O–H groups in total. The van der Waals surface area contributed by atoms with Gasteiger partial charge in [-0.15, -0.1) is 0 Å². The van der Waals surface area contributed by atoms with Crippen molar-refractivity contribution >= 4 is 54.5 Å². The van der Waals surface area contributed by atoms with Gasteiger partial charge in [0, 0.05) is 33.9 Å². The lowest BCUT2D eigenvalue weighted by molar-refractivity contribution is 0.663. The van der Waals surface area contributed by atoms with Crippen molar-refractivity contribution in [3.8, 4) is 22.3 Å². The van der Waals surface area contributed by atoms with Gasteiger partial charge in [-0.05, 0) is 82.3 Å². The number of aryl methyl sites for hydroxylation is 2. The van der Waals surface area contributed by atoms with E-state index in [0.29, 0.717) is 0 Å². The fourth-order valence-electron chi connectivity index (χ4n) is 6.07. The molecule has 2 heterocycles. The van der Waals surface area contributed by atoms with Crippen LogP contribution in [-0.2, 0) is 0 Å². The highest BCUT2D eigenvalue weighted by Gasteiger charge is 2.14. The van der Waals surface area contributed by atoms with Crippen LogP contribution < -0.4 is 0 Å². The molecule has 0 saturated carbocycles. The molecule has 8 rings (SSSR count). The number of para-hydroxylation sites is 1.